The first-order valence-electron chi connectivity index (χ1n) is 10.3. The van der Waals surface area contributed by atoms with Crippen molar-refractivity contribution in [2.75, 3.05) is 17.2 Å². The second-order valence-electron chi connectivity index (χ2n) is 7.58. The van der Waals surface area contributed by atoms with Crippen LogP contribution in [0.1, 0.15) is 23.1 Å². The van der Waals surface area contributed by atoms with Crippen molar-refractivity contribution >= 4 is 23.3 Å². The van der Waals surface area contributed by atoms with Crippen LogP contribution >= 0.6 is 0 Å². The van der Waals surface area contributed by atoms with E-state index in [9.17, 15) is 14.0 Å². The molecule has 3 aromatic carbocycles. The van der Waals surface area contributed by atoms with E-state index in [0.717, 1.165) is 28.1 Å². The van der Waals surface area contributed by atoms with Gasteiger partial charge in [-0.15, -0.1) is 0 Å². The van der Waals surface area contributed by atoms with Gasteiger partial charge in [-0.3, -0.25) is 4.79 Å². The van der Waals surface area contributed by atoms with E-state index in [4.69, 9.17) is 0 Å². The van der Waals surface area contributed by atoms with Crippen LogP contribution in [0, 0.1) is 5.82 Å². The molecule has 2 N–H and O–H groups in total. The summed E-state index contributed by atoms with van der Waals surface area (Å²) >= 11 is 0. The van der Waals surface area contributed by atoms with Crippen LogP contribution in [0.4, 0.5) is 20.6 Å². The minimum absolute atomic E-state index is 0.0510. The van der Waals surface area contributed by atoms with Gasteiger partial charge in [0.25, 0.3) is 0 Å². The second kappa shape index (κ2) is 9.43. The lowest BCUT2D eigenvalue weighted by atomic mass is 9.97. The molecule has 0 fully saturated rings. The summed E-state index contributed by atoms with van der Waals surface area (Å²) in [5.41, 5.74) is 4.39. The van der Waals surface area contributed by atoms with Gasteiger partial charge >= 0.3 is 6.03 Å². The van der Waals surface area contributed by atoms with Crippen molar-refractivity contribution in [3.63, 3.8) is 0 Å². The molecule has 5 nitrogen and oxygen atoms in total. The number of amides is 3. The van der Waals surface area contributed by atoms with Crippen molar-refractivity contribution in [3.8, 4) is 0 Å². The highest BCUT2D eigenvalue weighted by molar-refractivity contribution is 6.00. The molecule has 6 heteroatoms. The number of nitrogens with one attached hydrogen (secondary N) is 2. The van der Waals surface area contributed by atoms with Gasteiger partial charge in [-0.1, -0.05) is 42.5 Å². The third-order valence-corrected chi connectivity index (χ3v) is 5.42. The highest BCUT2D eigenvalue weighted by Crippen LogP contribution is 2.27. The van der Waals surface area contributed by atoms with E-state index in [-0.39, 0.29) is 17.8 Å². The number of hydrogen-bond donors (Lipinski definition) is 2. The highest BCUT2D eigenvalue weighted by Gasteiger charge is 2.22. The number of anilines is 2. The number of rotatable bonds is 5. The van der Waals surface area contributed by atoms with Crippen LogP contribution in [0.5, 0.6) is 0 Å². The lowest BCUT2D eigenvalue weighted by Gasteiger charge is -2.30. The average Bonchev–Trinajstić information content (AvgIpc) is 2.78. The quantitative estimate of drug-likeness (QED) is 0.615. The van der Waals surface area contributed by atoms with E-state index in [2.05, 4.69) is 10.6 Å². The van der Waals surface area contributed by atoms with Crippen molar-refractivity contribution in [1.29, 1.82) is 0 Å². The summed E-state index contributed by atoms with van der Waals surface area (Å²) in [5.74, 6) is -0.233. The summed E-state index contributed by atoms with van der Waals surface area (Å²) in [4.78, 5) is 26.9. The molecule has 4 rings (SSSR count). The standard InChI is InChI=1S/C25H24FN3O2/c26-20-8-4-6-18(16-20)12-13-24(30)29-15-14-22-19(17-29)7-5-11-23(22)28-25(31)27-21-9-2-1-3-10-21/h1-11,16H,12-15,17H2,(H2,27,28,31). The Morgan fingerprint density at radius 3 is 2.55 bits per heavy atom. The number of aryl methyl sites for hydroxylation is 1. The lowest BCUT2D eigenvalue weighted by molar-refractivity contribution is -0.132. The van der Waals surface area contributed by atoms with Crippen LogP contribution in [0.3, 0.4) is 0 Å². The van der Waals surface area contributed by atoms with E-state index in [1.165, 1.54) is 12.1 Å². The maximum absolute atomic E-state index is 13.3. The van der Waals surface area contributed by atoms with E-state index in [1.54, 1.807) is 6.07 Å². The summed E-state index contributed by atoms with van der Waals surface area (Å²) in [7, 11) is 0. The number of para-hydroxylation sites is 1. The van der Waals surface area contributed by atoms with Crippen LogP contribution in [0.2, 0.25) is 0 Å². The van der Waals surface area contributed by atoms with Crippen LogP contribution in [-0.2, 0) is 24.2 Å². The zero-order chi connectivity index (χ0) is 21.6. The summed E-state index contributed by atoms with van der Waals surface area (Å²) < 4.78 is 13.3. The average molecular weight is 417 g/mol. The van der Waals surface area contributed by atoms with E-state index >= 15 is 0 Å². The molecule has 1 heterocycles. The SMILES string of the molecule is O=C(Nc1ccccc1)Nc1cccc2c1CCN(C(=O)CCc1cccc(F)c1)C2. The number of carbonyl (C=O) groups is 2. The van der Waals surface area contributed by atoms with Crippen LogP contribution < -0.4 is 10.6 Å². The summed E-state index contributed by atoms with van der Waals surface area (Å²) in [6.07, 6.45) is 1.53. The molecule has 0 spiro atoms. The molecule has 158 valence electrons. The Hall–Kier alpha value is -3.67. The number of fused-ring (bicyclic) bond motifs is 1. The lowest BCUT2D eigenvalue weighted by Crippen LogP contribution is -2.36. The minimum atomic E-state index is -0.298. The monoisotopic (exact) mass is 417 g/mol. The Morgan fingerprint density at radius 2 is 1.74 bits per heavy atom. The Kier molecular flexibility index (Phi) is 6.26. The predicted octanol–water partition coefficient (Wildman–Crippen LogP) is 4.99. The smallest absolute Gasteiger partial charge is 0.323 e. The summed E-state index contributed by atoms with van der Waals surface area (Å²) in [6, 6.07) is 21.1. The first-order valence-corrected chi connectivity index (χ1v) is 10.3. The molecule has 1 aliphatic heterocycles. The molecule has 0 atom stereocenters. The third kappa shape index (κ3) is 5.28. The molecule has 1 aliphatic rings. The van der Waals surface area contributed by atoms with Crippen molar-refractivity contribution < 1.29 is 14.0 Å². The number of hydrogen-bond acceptors (Lipinski definition) is 2. The molecule has 0 aromatic heterocycles. The maximum Gasteiger partial charge on any atom is 0.323 e. The fourth-order valence-electron chi connectivity index (χ4n) is 3.85. The maximum atomic E-state index is 13.3. The Morgan fingerprint density at radius 1 is 0.935 bits per heavy atom. The van der Waals surface area contributed by atoms with Gasteiger partial charge in [0.1, 0.15) is 5.82 Å². The number of halogens is 1. The van der Waals surface area contributed by atoms with Crippen molar-refractivity contribution in [2.24, 2.45) is 0 Å². The Labute approximate surface area is 180 Å². The molecule has 0 saturated carbocycles. The van der Waals surface area contributed by atoms with Gasteiger partial charge in [-0.05, 0) is 59.9 Å². The van der Waals surface area contributed by atoms with Crippen molar-refractivity contribution in [3.05, 3.63) is 95.3 Å². The molecular weight excluding hydrogens is 393 g/mol. The van der Waals surface area contributed by atoms with Crippen LogP contribution in [0.25, 0.3) is 0 Å². The molecule has 3 aromatic rings. The molecule has 0 unspecified atom stereocenters. The zero-order valence-corrected chi connectivity index (χ0v) is 17.1. The van der Waals surface area contributed by atoms with E-state index in [1.807, 2.05) is 59.5 Å². The summed E-state index contributed by atoms with van der Waals surface area (Å²) in [5, 5.41) is 5.74. The first-order chi connectivity index (χ1) is 15.1. The predicted molar refractivity (Wildman–Crippen MR) is 119 cm³/mol. The number of benzene rings is 3. The molecule has 0 radical (unpaired) electrons. The fourth-order valence-corrected chi connectivity index (χ4v) is 3.85. The van der Waals surface area contributed by atoms with Gasteiger partial charge in [-0.2, -0.15) is 0 Å². The minimum Gasteiger partial charge on any atom is -0.338 e. The second-order valence-corrected chi connectivity index (χ2v) is 7.58. The van der Waals surface area contributed by atoms with Crippen LogP contribution in [-0.4, -0.2) is 23.4 Å². The molecule has 0 saturated heterocycles. The zero-order valence-electron chi connectivity index (χ0n) is 17.1. The van der Waals surface area contributed by atoms with Crippen molar-refractivity contribution in [2.45, 2.75) is 25.8 Å². The van der Waals surface area contributed by atoms with E-state index < -0.39 is 0 Å². The molecule has 31 heavy (non-hydrogen) atoms. The first kappa shape index (κ1) is 20.6. The molecule has 3 amide bonds. The van der Waals surface area contributed by atoms with Gasteiger partial charge in [0.15, 0.2) is 0 Å². The van der Waals surface area contributed by atoms with Crippen LogP contribution in [0.15, 0.2) is 72.8 Å². The normalized spacial score (nSPS) is 12.7. The fraction of sp³-hybridized carbons (Fsp3) is 0.200. The number of urea groups is 1. The Balaban J connectivity index is 1.37. The summed E-state index contributed by atoms with van der Waals surface area (Å²) in [6.45, 7) is 1.10. The largest absolute Gasteiger partial charge is 0.338 e. The van der Waals surface area contributed by atoms with Crippen molar-refractivity contribution in [1.82, 2.24) is 4.90 Å². The number of carbonyl (C=O) groups excluding carboxylic acids is 2. The van der Waals surface area contributed by atoms with E-state index in [0.29, 0.717) is 32.4 Å². The molecular formula is C25H24FN3O2. The third-order valence-electron chi connectivity index (χ3n) is 5.42. The molecule has 0 bridgehead atoms. The van der Waals surface area contributed by atoms with Gasteiger partial charge in [-0.25, -0.2) is 9.18 Å². The Bertz CT molecular complexity index is 1090. The van der Waals surface area contributed by atoms with Gasteiger partial charge in [0.2, 0.25) is 5.91 Å². The topological polar surface area (TPSA) is 61.4 Å². The van der Waals surface area contributed by atoms with Gasteiger partial charge in [0.05, 0.1) is 0 Å². The van der Waals surface area contributed by atoms with Gasteiger partial charge < -0.3 is 15.5 Å². The molecule has 0 aliphatic carbocycles. The number of nitrogens with zero attached hydrogens (tertiary/aromatic N) is 1. The highest BCUT2D eigenvalue weighted by atomic mass is 19.1. The van der Waals surface area contributed by atoms with Gasteiger partial charge in [0, 0.05) is 30.9 Å².